The lowest BCUT2D eigenvalue weighted by molar-refractivity contribution is -0.300. The van der Waals surface area contributed by atoms with E-state index in [0.717, 1.165) is 0 Å². The molecule has 2 N–H and O–H groups in total. The van der Waals surface area contributed by atoms with Crippen molar-refractivity contribution in [2.24, 2.45) is 11.8 Å². The van der Waals surface area contributed by atoms with Crippen LogP contribution < -0.4 is 14.8 Å². The van der Waals surface area contributed by atoms with Crippen molar-refractivity contribution >= 4 is 45.9 Å². The van der Waals surface area contributed by atoms with Gasteiger partial charge in [-0.3, -0.25) is 14.9 Å². The Labute approximate surface area is 326 Å². The number of rotatable bonds is 16. The zero-order valence-corrected chi connectivity index (χ0v) is 30.9. The molecule has 2 aromatic heterocycles. The SMILES string of the molecule is C=CC[C@@H](Cc1nc2ccccc2o1)C(=O)O[C@@H]1[C@H](OC(=O)[C@@H](CC=C)Cc2nc3ccccc3o2)[C@@H](OC)O[C@H](CO)[C@H]1OC(=O)Nc1ccc2c(c1)OCO2. The van der Waals surface area contributed by atoms with Crippen LogP contribution >= 0.6 is 0 Å². The van der Waals surface area contributed by atoms with Crippen molar-refractivity contribution in [2.45, 2.75) is 56.4 Å². The number of benzene rings is 3. The third kappa shape index (κ3) is 8.93. The Morgan fingerprint density at radius 2 is 1.39 bits per heavy atom. The molecule has 0 spiro atoms. The second-order valence-corrected chi connectivity index (χ2v) is 13.3. The highest BCUT2D eigenvalue weighted by Gasteiger charge is 2.53. The third-order valence-corrected chi connectivity index (χ3v) is 9.46. The number of aliphatic hydroxyl groups excluding tert-OH is 1. The van der Waals surface area contributed by atoms with Crippen LogP contribution in [-0.2, 0) is 46.1 Å². The maximum Gasteiger partial charge on any atom is 0.412 e. The van der Waals surface area contributed by atoms with Crippen LogP contribution in [-0.4, -0.2) is 84.3 Å². The number of para-hydroxylation sites is 4. The second-order valence-electron chi connectivity index (χ2n) is 13.3. The van der Waals surface area contributed by atoms with Crippen LogP contribution in [0.4, 0.5) is 10.5 Å². The molecule has 4 heterocycles. The van der Waals surface area contributed by atoms with Gasteiger partial charge in [0.2, 0.25) is 6.79 Å². The number of anilines is 1. The molecule has 5 aromatic rings. The number of methoxy groups -OCH3 is 1. The van der Waals surface area contributed by atoms with Crippen molar-refractivity contribution in [3.8, 4) is 11.5 Å². The van der Waals surface area contributed by atoms with Gasteiger partial charge >= 0.3 is 18.0 Å². The Morgan fingerprint density at radius 3 is 1.95 bits per heavy atom. The quantitative estimate of drug-likeness (QED) is 0.0704. The van der Waals surface area contributed by atoms with E-state index in [2.05, 4.69) is 28.4 Å². The summed E-state index contributed by atoms with van der Waals surface area (Å²) in [6.45, 7) is 6.92. The smallest absolute Gasteiger partial charge is 0.412 e. The van der Waals surface area contributed by atoms with Gasteiger partial charge in [-0.1, -0.05) is 36.4 Å². The topological polar surface area (TPSA) is 200 Å². The number of carbonyl (C=O) groups is 3. The number of esters is 2. The van der Waals surface area contributed by atoms with Crippen molar-refractivity contribution in [1.82, 2.24) is 9.97 Å². The summed E-state index contributed by atoms with van der Waals surface area (Å²) in [6.07, 6.45) is -4.83. The van der Waals surface area contributed by atoms with Crippen molar-refractivity contribution < 1.29 is 61.5 Å². The summed E-state index contributed by atoms with van der Waals surface area (Å²) in [5.41, 5.74) is 2.61. The molecule has 7 rings (SSSR count). The summed E-state index contributed by atoms with van der Waals surface area (Å²) < 4.78 is 52.2. The fourth-order valence-electron chi connectivity index (χ4n) is 6.69. The van der Waals surface area contributed by atoms with Crippen LogP contribution in [0.1, 0.15) is 24.6 Å². The Hall–Kier alpha value is -6.23. The molecule has 1 amide bonds. The molecule has 57 heavy (non-hydrogen) atoms. The average Bonchev–Trinajstić information content (AvgIpc) is 3.96. The van der Waals surface area contributed by atoms with E-state index in [4.69, 9.17) is 42.0 Å². The van der Waals surface area contributed by atoms with Gasteiger partial charge in [0.25, 0.3) is 0 Å². The molecule has 0 radical (unpaired) electrons. The molecule has 1 saturated heterocycles. The average molecular weight is 784 g/mol. The molecule has 298 valence electrons. The van der Waals surface area contributed by atoms with Crippen molar-refractivity contribution in [1.29, 1.82) is 0 Å². The fourth-order valence-corrected chi connectivity index (χ4v) is 6.69. The van der Waals surface area contributed by atoms with E-state index in [1.807, 2.05) is 18.2 Å². The number of nitrogens with zero attached hydrogens (tertiary/aromatic N) is 2. The number of aliphatic hydroxyl groups is 1. The van der Waals surface area contributed by atoms with E-state index in [0.29, 0.717) is 45.3 Å². The predicted molar refractivity (Wildman–Crippen MR) is 201 cm³/mol. The first-order valence-corrected chi connectivity index (χ1v) is 18.2. The van der Waals surface area contributed by atoms with Gasteiger partial charge in [-0.2, -0.15) is 0 Å². The van der Waals surface area contributed by atoms with E-state index in [-0.39, 0.29) is 38.4 Å². The lowest BCUT2D eigenvalue weighted by Gasteiger charge is -2.44. The minimum atomic E-state index is -1.57. The Kier molecular flexibility index (Phi) is 12.1. The summed E-state index contributed by atoms with van der Waals surface area (Å²) in [5, 5.41) is 13.1. The maximum absolute atomic E-state index is 14.2. The summed E-state index contributed by atoms with van der Waals surface area (Å²) in [5.74, 6) is -1.82. The first kappa shape index (κ1) is 39.0. The van der Waals surface area contributed by atoms with Gasteiger partial charge in [-0.05, 0) is 49.2 Å². The number of amides is 1. The van der Waals surface area contributed by atoms with E-state index in [9.17, 15) is 19.5 Å². The summed E-state index contributed by atoms with van der Waals surface area (Å²) in [6, 6.07) is 19.1. The molecule has 2 aliphatic rings. The molecule has 16 nitrogen and oxygen atoms in total. The molecule has 7 atom stereocenters. The molecular formula is C41H41N3O13. The third-order valence-electron chi connectivity index (χ3n) is 9.46. The highest BCUT2D eigenvalue weighted by Crippen LogP contribution is 2.35. The standard InChI is InChI=1S/C41H41N3O13/c1-4-10-23(18-33-43-26-12-6-8-14-28(26)52-33)38(46)55-36-35(57-41(48)42-25-16-17-30-31(20-25)51-22-50-30)32(21-45)54-40(49-3)37(36)56-39(47)24(11-5-2)19-34-44-27-13-7-9-15-29(27)53-34/h4-9,12-17,20,23-24,32,35-37,40,45H,1-2,10-11,18-19,21-22H2,3H3,(H,42,48)/t23-,24-,32+,35+,36-,37-,40-/m0/s1. The number of allylic oxidation sites excluding steroid dienone is 2. The zero-order valence-electron chi connectivity index (χ0n) is 30.9. The molecule has 1 fully saturated rings. The largest absolute Gasteiger partial charge is 0.454 e. The van der Waals surface area contributed by atoms with Gasteiger partial charge in [0.15, 0.2) is 59.0 Å². The number of fused-ring (bicyclic) bond motifs is 3. The number of ether oxygens (including phenoxy) is 7. The van der Waals surface area contributed by atoms with Crippen LogP contribution in [0.25, 0.3) is 22.2 Å². The van der Waals surface area contributed by atoms with Crippen molar-refractivity contribution in [2.75, 3.05) is 25.8 Å². The van der Waals surface area contributed by atoms with E-state index >= 15 is 0 Å². The lowest BCUT2D eigenvalue weighted by atomic mass is 9.96. The number of aromatic nitrogens is 2. The predicted octanol–water partition coefficient (Wildman–Crippen LogP) is 5.67. The fraction of sp³-hybridized carbons (Fsp3) is 0.341. The normalized spacial score (nSPS) is 21.1. The summed E-state index contributed by atoms with van der Waals surface area (Å²) in [7, 11) is 1.29. The van der Waals surface area contributed by atoms with Crippen LogP contribution in [0.2, 0.25) is 0 Å². The first-order chi connectivity index (χ1) is 27.8. The first-order valence-electron chi connectivity index (χ1n) is 18.2. The molecule has 2 aliphatic heterocycles. The van der Waals surface area contributed by atoms with Crippen LogP contribution in [0.15, 0.2) is 101 Å². The molecule has 0 saturated carbocycles. The maximum atomic E-state index is 14.2. The number of carbonyl (C=O) groups excluding carboxylic acids is 3. The summed E-state index contributed by atoms with van der Waals surface area (Å²) in [4.78, 5) is 50.8. The molecule has 0 bridgehead atoms. The van der Waals surface area contributed by atoms with Crippen molar-refractivity contribution in [3.63, 3.8) is 0 Å². The Bertz CT molecular complexity index is 2170. The minimum absolute atomic E-state index is 0.0202. The molecule has 3 aromatic carbocycles. The molecular weight excluding hydrogens is 742 g/mol. The van der Waals surface area contributed by atoms with Crippen molar-refractivity contribution in [3.05, 3.63) is 104 Å². The molecule has 16 heteroatoms. The van der Waals surface area contributed by atoms with Gasteiger partial charge < -0.3 is 47.1 Å². The summed E-state index contributed by atoms with van der Waals surface area (Å²) >= 11 is 0. The van der Waals surface area contributed by atoms with E-state index in [1.54, 1.807) is 54.6 Å². The van der Waals surface area contributed by atoms with Gasteiger partial charge in [-0.15, -0.1) is 13.2 Å². The van der Waals surface area contributed by atoms with E-state index < -0.39 is 67.2 Å². The number of hydrogen-bond acceptors (Lipinski definition) is 15. The van der Waals surface area contributed by atoms with Gasteiger partial charge in [0.1, 0.15) is 17.1 Å². The highest BCUT2D eigenvalue weighted by atomic mass is 16.7. The Balaban J connectivity index is 1.17. The Morgan fingerprint density at radius 1 is 0.807 bits per heavy atom. The zero-order chi connectivity index (χ0) is 39.9. The number of oxazole rings is 2. The number of nitrogens with one attached hydrogen (secondary N) is 1. The minimum Gasteiger partial charge on any atom is -0.454 e. The van der Waals surface area contributed by atoms with Gasteiger partial charge in [0, 0.05) is 31.7 Å². The molecule has 0 aliphatic carbocycles. The highest BCUT2D eigenvalue weighted by molar-refractivity contribution is 5.85. The monoisotopic (exact) mass is 783 g/mol. The van der Waals surface area contributed by atoms with Crippen LogP contribution in [0.3, 0.4) is 0 Å². The van der Waals surface area contributed by atoms with Crippen LogP contribution in [0.5, 0.6) is 11.5 Å². The van der Waals surface area contributed by atoms with Gasteiger partial charge in [0.05, 0.1) is 18.4 Å². The lowest BCUT2D eigenvalue weighted by Crippen LogP contribution is -2.63. The van der Waals surface area contributed by atoms with Gasteiger partial charge in [-0.25, -0.2) is 14.8 Å². The van der Waals surface area contributed by atoms with E-state index in [1.165, 1.54) is 13.2 Å². The molecule has 0 unspecified atom stereocenters. The van der Waals surface area contributed by atoms with Crippen LogP contribution in [0, 0.1) is 11.8 Å². The second kappa shape index (κ2) is 17.7. The number of hydrogen-bond donors (Lipinski definition) is 2.